The SMILES string of the molecule is CCN1CCN(CC2=C/N=C(Nc3ncnc(-c4cc(F)c5nc(C)n(C(C)C)c5c4)c3C)CC\C(C)=C\2)CC1. The number of halogens is 1. The Hall–Kier alpha value is -3.43. The first-order valence-electron chi connectivity index (χ1n) is 14.4. The summed E-state index contributed by atoms with van der Waals surface area (Å²) in [5.74, 6) is 2.00. The zero-order chi connectivity index (χ0) is 28.4. The number of fused-ring (bicyclic) bond motifs is 1. The fourth-order valence-corrected chi connectivity index (χ4v) is 5.73. The molecule has 1 aromatic carbocycles. The van der Waals surface area contributed by atoms with Gasteiger partial charge in [-0.3, -0.25) is 4.90 Å². The topological polar surface area (TPSA) is 74.5 Å². The molecule has 0 aliphatic carbocycles. The van der Waals surface area contributed by atoms with Crippen LogP contribution in [0, 0.1) is 19.7 Å². The first kappa shape index (κ1) is 28.1. The second kappa shape index (κ2) is 12.0. The molecule has 0 atom stereocenters. The largest absolute Gasteiger partial charge is 0.328 e. The molecule has 5 rings (SSSR count). The maximum atomic E-state index is 15.2. The van der Waals surface area contributed by atoms with E-state index in [1.54, 1.807) is 0 Å². The monoisotopic (exact) mass is 544 g/mol. The van der Waals surface area contributed by atoms with Crippen LogP contribution in [0.5, 0.6) is 0 Å². The lowest BCUT2D eigenvalue weighted by molar-refractivity contribution is 0.146. The highest BCUT2D eigenvalue weighted by Crippen LogP contribution is 2.31. The fourth-order valence-electron chi connectivity index (χ4n) is 5.73. The van der Waals surface area contributed by atoms with E-state index in [0.29, 0.717) is 22.6 Å². The lowest BCUT2D eigenvalue weighted by atomic mass is 10.0. The van der Waals surface area contributed by atoms with Gasteiger partial charge in [-0.25, -0.2) is 24.3 Å². The summed E-state index contributed by atoms with van der Waals surface area (Å²) < 4.78 is 17.2. The van der Waals surface area contributed by atoms with E-state index >= 15 is 4.39 Å². The number of aliphatic imine (C=N–C) groups is 1. The molecule has 0 spiro atoms. The van der Waals surface area contributed by atoms with Crippen molar-refractivity contribution in [2.75, 3.05) is 44.6 Å². The van der Waals surface area contributed by atoms with E-state index in [-0.39, 0.29) is 11.9 Å². The third-order valence-corrected chi connectivity index (χ3v) is 7.95. The van der Waals surface area contributed by atoms with Gasteiger partial charge in [-0.05, 0) is 65.3 Å². The van der Waals surface area contributed by atoms with E-state index in [1.807, 2.05) is 26.1 Å². The number of rotatable bonds is 6. The molecule has 1 fully saturated rings. The molecule has 9 heteroatoms. The van der Waals surface area contributed by atoms with Gasteiger partial charge in [-0.1, -0.05) is 18.6 Å². The predicted octanol–water partition coefficient (Wildman–Crippen LogP) is 5.90. The average molecular weight is 545 g/mol. The van der Waals surface area contributed by atoms with Crippen LogP contribution in [0.2, 0.25) is 0 Å². The second-order valence-electron chi connectivity index (χ2n) is 11.3. The third-order valence-electron chi connectivity index (χ3n) is 7.95. The molecule has 8 nitrogen and oxygen atoms in total. The van der Waals surface area contributed by atoms with Crippen LogP contribution in [-0.4, -0.2) is 74.4 Å². The number of amidine groups is 1. The smallest absolute Gasteiger partial charge is 0.151 e. The van der Waals surface area contributed by atoms with Crippen LogP contribution in [0.4, 0.5) is 10.2 Å². The van der Waals surface area contributed by atoms with Gasteiger partial charge in [-0.15, -0.1) is 0 Å². The molecule has 40 heavy (non-hydrogen) atoms. The van der Waals surface area contributed by atoms with Crippen molar-refractivity contribution in [3.63, 3.8) is 0 Å². The van der Waals surface area contributed by atoms with Crippen LogP contribution in [0.1, 0.15) is 58.0 Å². The Morgan fingerprint density at radius 2 is 1.75 bits per heavy atom. The molecule has 0 radical (unpaired) electrons. The molecule has 2 aliphatic heterocycles. The predicted molar refractivity (Wildman–Crippen MR) is 161 cm³/mol. The van der Waals surface area contributed by atoms with E-state index in [0.717, 1.165) is 74.9 Å². The number of hydrogen-bond donors (Lipinski definition) is 1. The van der Waals surface area contributed by atoms with Crippen molar-refractivity contribution in [1.82, 2.24) is 29.3 Å². The summed E-state index contributed by atoms with van der Waals surface area (Å²) in [7, 11) is 0. The van der Waals surface area contributed by atoms with E-state index in [9.17, 15) is 0 Å². The molecular formula is C31H41FN8. The van der Waals surface area contributed by atoms with Crippen LogP contribution in [0.3, 0.4) is 0 Å². The van der Waals surface area contributed by atoms with Crippen LogP contribution < -0.4 is 5.32 Å². The van der Waals surface area contributed by atoms with Crippen molar-refractivity contribution < 1.29 is 4.39 Å². The summed E-state index contributed by atoms with van der Waals surface area (Å²) in [6.07, 6.45) is 7.52. The number of anilines is 1. The Labute approximate surface area is 236 Å². The normalized spacial score (nSPS) is 20.1. The highest BCUT2D eigenvalue weighted by molar-refractivity contribution is 5.96. The molecule has 4 heterocycles. The Morgan fingerprint density at radius 3 is 2.48 bits per heavy atom. The van der Waals surface area contributed by atoms with Gasteiger partial charge in [0.15, 0.2) is 5.82 Å². The summed E-state index contributed by atoms with van der Waals surface area (Å²) >= 11 is 0. The zero-order valence-corrected chi connectivity index (χ0v) is 24.6. The number of nitrogens with zero attached hydrogens (tertiary/aromatic N) is 7. The van der Waals surface area contributed by atoms with Gasteiger partial charge in [-0.2, -0.15) is 0 Å². The highest BCUT2D eigenvalue weighted by Gasteiger charge is 2.19. The number of hydrogen-bond acceptors (Lipinski definition) is 7. The molecule has 212 valence electrons. The summed E-state index contributed by atoms with van der Waals surface area (Å²) in [4.78, 5) is 23.4. The minimum atomic E-state index is -0.344. The minimum absolute atomic E-state index is 0.164. The molecule has 0 unspecified atom stereocenters. The second-order valence-corrected chi connectivity index (χ2v) is 11.3. The molecule has 3 aromatic rings. The summed E-state index contributed by atoms with van der Waals surface area (Å²) in [5.41, 5.74) is 5.98. The summed E-state index contributed by atoms with van der Waals surface area (Å²) in [6, 6.07) is 3.67. The van der Waals surface area contributed by atoms with Crippen molar-refractivity contribution in [3.05, 3.63) is 59.1 Å². The van der Waals surface area contributed by atoms with E-state index in [1.165, 1.54) is 23.5 Å². The van der Waals surface area contributed by atoms with Gasteiger partial charge in [0.05, 0.1) is 11.2 Å². The van der Waals surface area contributed by atoms with E-state index in [4.69, 9.17) is 4.99 Å². The van der Waals surface area contributed by atoms with Crippen LogP contribution in [-0.2, 0) is 0 Å². The zero-order valence-electron chi connectivity index (χ0n) is 24.6. The fraction of sp³-hybridized carbons (Fsp3) is 0.484. The van der Waals surface area contributed by atoms with E-state index in [2.05, 4.69) is 68.4 Å². The lowest BCUT2D eigenvalue weighted by Crippen LogP contribution is -2.46. The van der Waals surface area contributed by atoms with Gasteiger partial charge < -0.3 is 14.8 Å². The van der Waals surface area contributed by atoms with Gasteiger partial charge in [0.25, 0.3) is 0 Å². The number of nitrogens with one attached hydrogen (secondary N) is 1. The molecular weight excluding hydrogens is 503 g/mol. The standard InChI is InChI=1S/C31H41FN8/c1-7-38-10-12-39(13-11-38)18-24-14-21(4)8-9-28(33-17-24)37-31-22(5)29(34-19-35-31)25-15-26(32)30-27(16-25)40(20(2)3)23(6)36-30/h14-17,19-20H,7-13,18H2,1-6H3,(H,33,34,35,37)/b21-14+,24-17+. The quantitative estimate of drug-likeness (QED) is 0.416. The summed E-state index contributed by atoms with van der Waals surface area (Å²) in [5, 5.41) is 3.47. The Morgan fingerprint density at radius 1 is 1.00 bits per heavy atom. The number of aryl methyl sites for hydroxylation is 1. The first-order valence-corrected chi connectivity index (χ1v) is 14.4. The number of likely N-dealkylation sites (N-methyl/N-ethyl adjacent to an activating group) is 1. The van der Waals surface area contributed by atoms with Crippen molar-refractivity contribution in [1.29, 1.82) is 0 Å². The molecule has 2 aromatic heterocycles. The summed E-state index contributed by atoms with van der Waals surface area (Å²) in [6.45, 7) is 18.9. The minimum Gasteiger partial charge on any atom is -0.328 e. The van der Waals surface area contributed by atoms with E-state index < -0.39 is 0 Å². The molecule has 0 saturated carbocycles. The average Bonchev–Trinajstić information content (AvgIpc) is 3.27. The number of imidazole rings is 1. The lowest BCUT2D eigenvalue weighted by Gasteiger charge is -2.34. The maximum absolute atomic E-state index is 15.2. The number of piperazine rings is 1. The van der Waals surface area contributed by atoms with Gasteiger partial charge in [0, 0.05) is 62.5 Å². The van der Waals surface area contributed by atoms with Crippen molar-refractivity contribution in [3.8, 4) is 11.3 Å². The van der Waals surface area contributed by atoms with Crippen molar-refractivity contribution in [2.45, 2.75) is 60.4 Å². The van der Waals surface area contributed by atoms with Crippen molar-refractivity contribution >= 4 is 22.7 Å². The Bertz CT molecular complexity index is 1470. The molecule has 1 N–H and O–H groups in total. The van der Waals surface area contributed by atoms with Gasteiger partial charge >= 0.3 is 0 Å². The number of benzene rings is 1. The van der Waals surface area contributed by atoms with Crippen LogP contribution in [0.25, 0.3) is 22.3 Å². The van der Waals surface area contributed by atoms with Crippen LogP contribution in [0.15, 0.2) is 46.9 Å². The Kier molecular flexibility index (Phi) is 8.42. The van der Waals surface area contributed by atoms with Crippen LogP contribution >= 0.6 is 0 Å². The van der Waals surface area contributed by atoms with Gasteiger partial charge in [0.1, 0.15) is 29.3 Å². The third kappa shape index (κ3) is 6.00. The molecule has 0 bridgehead atoms. The maximum Gasteiger partial charge on any atom is 0.151 e. The number of allylic oxidation sites excluding steroid dienone is 1. The molecule has 0 amide bonds. The number of aromatic nitrogens is 4. The van der Waals surface area contributed by atoms with Gasteiger partial charge in [0.2, 0.25) is 0 Å². The molecule has 2 aliphatic rings. The first-order chi connectivity index (χ1) is 19.2. The Balaban J connectivity index is 1.40. The van der Waals surface area contributed by atoms with Crippen molar-refractivity contribution in [2.24, 2.45) is 4.99 Å². The molecule has 1 saturated heterocycles. The highest BCUT2D eigenvalue weighted by atomic mass is 19.1.